The number of hydrogen-bond donors (Lipinski definition) is 1. The van der Waals surface area contributed by atoms with Crippen molar-refractivity contribution < 1.29 is 19.3 Å². The second-order valence-corrected chi connectivity index (χ2v) is 5.35. The molecule has 6 heteroatoms. The first kappa shape index (κ1) is 16.0. The van der Waals surface area contributed by atoms with Crippen molar-refractivity contribution in [3.05, 3.63) is 11.9 Å². The van der Waals surface area contributed by atoms with Gasteiger partial charge in [0.05, 0.1) is 26.5 Å². The Morgan fingerprint density at radius 3 is 2.43 bits per heavy atom. The lowest BCUT2D eigenvalue weighted by molar-refractivity contribution is -0.0586. The van der Waals surface area contributed by atoms with Crippen LogP contribution in [-0.4, -0.2) is 42.5 Å². The van der Waals surface area contributed by atoms with Crippen molar-refractivity contribution in [3.8, 4) is 11.8 Å². The second kappa shape index (κ2) is 7.56. The maximum Gasteiger partial charge on any atom is 0.241 e. The molecule has 1 heterocycles. The Labute approximate surface area is 125 Å². The summed E-state index contributed by atoms with van der Waals surface area (Å²) in [5, 5.41) is 10.7. The highest BCUT2D eigenvalue weighted by molar-refractivity contribution is 5.25. The monoisotopic (exact) mass is 296 g/mol. The molecule has 2 rings (SSSR count). The number of methoxy groups -OCH3 is 3. The summed E-state index contributed by atoms with van der Waals surface area (Å²) in [6.45, 7) is 0. The molecule has 0 aromatic carbocycles. The van der Waals surface area contributed by atoms with Gasteiger partial charge in [0.2, 0.25) is 11.8 Å². The molecule has 2 atom stereocenters. The minimum atomic E-state index is -0.855. The van der Waals surface area contributed by atoms with Crippen molar-refractivity contribution in [2.45, 2.75) is 44.3 Å². The predicted octanol–water partition coefficient (Wildman–Crippen LogP) is 2.12. The number of ether oxygens (including phenoxy) is 3. The summed E-state index contributed by atoms with van der Waals surface area (Å²) in [5.41, 5.74) is 0.399. The lowest BCUT2D eigenvalue weighted by Crippen LogP contribution is -2.32. The highest BCUT2D eigenvalue weighted by Crippen LogP contribution is 2.35. The van der Waals surface area contributed by atoms with Crippen LogP contribution in [0.3, 0.4) is 0 Å². The van der Waals surface area contributed by atoms with Crippen LogP contribution >= 0.6 is 0 Å². The van der Waals surface area contributed by atoms with Crippen LogP contribution in [0.2, 0.25) is 0 Å². The molecule has 1 saturated carbocycles. The van der Waals surface area contributed by atoms with Crippen molar-refractivity contribution >= 4 is 0 Å². The highest BCUT2D eigenvalue weighted by Gasteiger charge is 2.33. The Kier molecular flexibility index (Phi) is 5.76. The quantitative estimate of drug-likeness (QED) is 0.867. The minimum Gasteiger partial charge on any atom is -0.480 e. The molecule has 6 nitrogen and oxygen atoms in total. The Balaban J connectivity index is 2.21. The van der Waals surface area contributed by atoms with Gasteiger partial charge in [0.15, 0.2) is 0 Å². The van der Waals surface area contributed by atoms with Crippen molar-refractivity contribution in [2.24, 2.45) is 5.92 Å². The van der Waals surface area contributed by atoms with Crippen LogP contribution in [0.5, 0.6) is 11.8 Å². The first-order valence-electron chi connectivity index (χ1n) is 7.37. The molecule has 0 amide bonds. The van der Waals surface area contributed by atoms with Crippen LogP contribution in [-0.2, 0) is 4.74 Å². The molecule has 2 unspecified atom stereocenters. The van der Waals surface area contributed by atoms with Gasteiger partial charge in [-0.1, -0.05) is 19.3 Å². The van der Waals surface area contributed by atoms with Crippen molar-refractivity contribution in [1.29, 1.82) is 0 Å². The smallest absolute Gasteiger partial charge is 0.241 e. The molecule has 1 aliphatic rings. The largest absolute Gasteiger partial charge is 0.480 e. The van der Waals surface area contributed by atoms with E-state index >= 15 is 0 Å². The van der Waals surface area contributed by atoms with Crippen molar-refractivity contribution in [1.82, 2.24) is 9.97 Å². The second-order valence-electron chi connectivity index (χ2n) is 5.35. The van der Waals surface area contributed by atoms with E-state index in [1.54, 1.807) is 7.11 Å². The molecule has 0 spiro atoms. The summed E-state index contributed by atoms with van der Waals surface area (Å²) >= 11 is 0. The third-order valence-corrected chi connectivity index (χ3v) is 4.13. The van der Waals surface area contributed by atoms with E-state index in [1.165, 1.54) is 39.7 Å². The Hall–Kier alpha value is -1.40. The number of aromatic nitrogens is 2. The van der Waals surface area contributed by atoms with Crippen molar-refractivity contribution in [3.63, 3.8) is 0 Å². The van der Waals surface area contributed by atoms with Gasteiger partial charge in [-0.3, -0.25) is 0 Å². The van der Waals surface area contributed by atoms with E-state index in [1.807, 2.05) is 0 Å². The van der Waals surface area contributed by atoms with Crippen molar-refractivity contribution in [2.75, 3.05) is 21.3 Å². The number of aliphatic hydroxyl groups is 1. The summed E-state index contributed by atoms with van der Waals surface area (Å²) in [6, 6.07) is 0. The van der Waals surface area contributed by atoms with Crippen LogP contribution in [0.1, 0.15) is 43.9 Å². The fourth-order valence-corrected chi connectivity index (χ4v) is 3.02. The zero-order valence-electron chi connectivity index (χ0n) is 12.9. The van der Waals surface area contributed by atoms with Crippen LogP contribution in [0.25, 0.3) is 0 Å². The van der Waals surface area contributed by atoms with E-state index in [2.05, 4.69) is 9.97 Å². The number of nitrogens with zero attached hydrogens (tertiary/aromatic N) is 2. The molecule has 0 radical (unpaired) electrons. The van der Waals surface area contributed by atoms with Gasteiger partial charge in [0.1, 0.15) is 11.8 Å². The standard InChI is InChI=1S/C15H24N2O4/c1-19-11-9-16-12(15(17-11)21-3)13(18)14(20-2)10-7-5-4-6-8-10/h9-10,13-14,18H,4-8H2,1-3H3. The van der Waals surface area contributed by atoms with Crippen LogP contribution < -0.4 is 9.47 Å². The van der Waals surface area contributed by atoms with E-state index in [0.717, 1.165) is 12.8 Å². The van der Waals surface area contributed by atoms with Gasteiger partial charge in [-0.25, -0.2) is 4.98 Å². The van der Waals surface area contributed by atoms with Gasteiger partial charge >= 0.3 is 0 Å². The SMILES string of the molecule is COc1cnc(C(O)C(OC)C2CCCCC2)c(OC)n1. The summed E-state index contributed by atoms with van der Waals surface area (Å²) in [6.07, 6.45) is 6.10. The molecule has 1 aromatic rings. The number of hydrogen-bond acceptors (Lipinski definition) is 6. The average Bonchev–Trinajstić information content (AvgIpc) is 2.55. The molecule has 21 heavy (non-hydrogen) atoms. The summed E-state index contributed by atoms with van der Waals surface area (Å²) < 4.78 is 15.8. The maximum absolute atomic E-state index is 10.7. The third kappa shape index (κ3) is 3.63. The minimum absolute atomic E-state index is 0.278. The molecule has 1 aromatic heterocycles. The normalized spacial score (nSPS) is 19.0. The van der Waals surface area contributed by atoms with Gasteiger partial charge in [-0.2, -0.15) is 4.98 Å². The third-order valence-electron chi connectivity index (χ3n) is 4.13. The summed E-state index contributed by atoms with van der Waals surface area (Å²) in [5.74, 6) is 0.974. The van der Waals surface area contributed by atoms with E-state index in [-0.39, 0.29) is 12.0 Å². The van der Waals surface area contributed by atoms with Crippen LogP contribution in [0, 0.1) is 5.92 Å². The van der Waals surface area contributed by atoms with E-state index in [4.69, 9.17) is 14.2 Å². The Morgan fingerprint density at radius 1 is 1.14 bits per heavy atom. The predicted molar refractivity (Wildman–Crippen MR) is 77.5 cm³/mol. The average molecular weight is 296 g/mol. The summed E-state index contributed by atoms with van der Waals surface area (Å²) in [7, 11) is 4.65. The molecular weight excluding hydrogens is 272 g/mol. The molecule has 1 N–H and O–H groups in total. The fourth-order valence-electron chi connectivity index (χ4n) is 3.02. The lowest BCUT2D eigenvalue weighted by atomic mass is 9.82. The number of aliphatic hydroxyl groups excluding tert-OH is 1. The Bertz CT molecular complexity index is 449. The van der Waals surface area contributed by atoms with Gasteiger partial charge in [-0.05, 0) is 18.8 Å². The van der Waals surface area contributed by atoms with Gasteiger partial charge in [0.25, 0.3) is 0 Å². The molecule has 0 saturated heterocycles. The van der Waals surface area contributed by atoms with E-state index in [0.29, 0.717) is 17.5 Å². The maximum atomic E-state index is 10.7. The molecule has 0 aliphatic heterocycles. The zero-order chi connectivity index (χ0) is 15.2. The topological polar surface area (TPSA) is 73.7 Å². The first-order chi connectivity index (χ1) is 10.2. The van der Waals surface area contributed by atoms with Gasteiger partial charge < -0.3 is 19.3 Å². The lowest BCUT2D eigenvalue weighted by Gasteiger charge is -2.32. The first-order valence-corrected chi connectivity index (χ1v) is 7.37. The van der Waals surface area contributed by atoms with Gasteiger partial charge in [-0.15, -0.1) is 0 Å². The molecule has 118 valence electrons. The van der Waals surface area contributed by atoms with Crippen LogP contribution in [0.4, 0.5) is 0 Å². The number of rotatable bonds is 6. The zero-order valence-corrected chi connectivity index (χ0v) is 12.9. The van der Waals surface area contributed by atoms with Gasteiger partial charge in [0, 0.05) is 7.11 Å². The molecule has 0 bridgehead atoms. The fraction of sp³-hybridized carbons (Fsp3) is 0.733. The molecule has 1 fully saturated rings. The highest BCUT2D eigenvalue weighted by atomic mass is 16.5. The Morgan fingerprint density at radius 2 is 1.86 bits per heavy atom. The summed E-state index contributed by atoms with van der Waals surface area (Å²) in [4.78, 5) is 8.41. The van der Waals surface area contributed by atoms with E-state index in [9.17, 15) is 5.11 Å². The van der Waals surface area contributed by atoms with E-state index < -0.39 is 6.10 Å². The molecular formula is C15H24N2O4. The van der Waals surface area contributed by atoms with Crippen LogP contribution in [0.15, 0.2) is 6.20 Å². The molecule has 1 aliphatic carbocycles.